The molecule has 0 radical (unpaired) electrons. The Kier molecular flexibility index (Phi) is 14.8. The van der Waals surface area contributed by atoms with Gasteiger partial charge in [0.2, 0.25) is 0 Å². The van der Waals surface area contributed by atoms with Crippen LogP contribution >= 0.6 is 0 Å². The van der Waals surface area contributed by atoms with Gasteiger partial charge < -0.3 is 20.1 Å². The van der Waals surface area contributed by atoms with Crippen molar-refractivity contribution in [2.24, 2.45) is 0 Å². The van der Waals surface area contributed by atoms with Gasteiger partial charge in [-0.25, -0.2) is 0 Å². The van der Waals surface area contributed by atoms with E-state index in [0.717, 1.165) is 19.3 Å². The Morgan fingerprint density at radius 2 is 1.50 bits per heavy atom. The van der Waals surface area contributed by atoms with Crippen LogP contribution in [0.2, 0.25) is 0 Å². The Balaban J connectivity index is 3.59. The molecule has 2 atom stereocenters. The molecule has 0 amide bonds. The minimum Gasteiger partial charge on any atom is -0.459 e. The van der Waals surface area contributed by atoms with Gasteiger partial charge in [-0.05, 0) is 6.42 Å². The third kappa shape index (κ3) is 12.0. The molecular weight excluding hydrogens is 284 g/mol. The first-order chi connectivity index (χ1) is 10.7. The highest BCUT2D eigenvalue weighted by Crippen LogP contribution is 2.12. The first-order valence-corrected chi connectivity index (χ1v) is 8.75. The van der Waals surface area contributed by atoms with Gasteiger partial charge in [-0.2, -0.15) is 0 Å². The van der Waals surface area contributed by atoms with Crippen molar-refractivity contribution in [3.05, 3.63) is 0 Å². The van der Waals surface area contributed by atoms with Gasteiger partial charge in [-0.1, -0.05) is 58.3 Å². The maximum absolute atomic E-state index is 11.7. The average molecular weight is 318 g/mol. The molecule has 0 aromatic rings. The second-order valence-corrected chi connectivity index (χ2v) is 5.87. The summed E-state index contributed by atoms with van der Waals surface area (Å²) in [7, 11) is 0. The summed E-state index contributed by atoms with van der Waals surface area (Å²) in [4.78, 5) is 11.7. The third-order valence-electron chi connectivity index (χ3n) is 3.80. The zero-order valence-corrected chi connectivity index (χ0v) is 14.0. The summed E-state index contributed by atoms with van der Waals surface area (Å²) in [6.07, 6.45) is 9.16. The molecule has 5 nitrogen and oxygen atoms in total. The van der Waals surface area contributed by atoms with Crippen LogP contribution in [0.25, 0.3) is 0 Å². The monoisotopic (exact) mass is 318 g/mol. The Hall–Kier alpha value is -0.650. The van der Waals surface area contributed by atoms with Crippen molar-refractivity contribution in [2.45, 2.75) is 89.8 Å². The van der Waals surface area contributed by atoms with Crippen LogP contribution in [-0.2, 0) is 9.53 Å². The van der Waals surface area contributed by atoms with Crippen molar-refractivity contribution in [2.75, 3.05) is 13.2 Å². The molecular formula is C17H34O5. The molecule has 3 N–H and O–H groups in total. The molecule has 0 saturated heterocycles. The Labute approximate surface area is 134 Å². The minimum atomic E-state index is -1.13. The van der Waals surface area contributed by atoms with Crippen molar-refractivity contribution in [1.82, 2.24) is 0 Å². The normalized spacial score (nSPS) is 13.8. The molecule has 0 spiro atoms. The minimum absolute atomic E-state index is 0.144. The van der Waals surface area contributed by atoms with E-state index < -0.39 is 18.8 Å². The number of hydrogen-bond donors (Lipinski definition) is 3. The van der Waals surface area contributed by atoms with E-state index in [2.05, 4.69) is 6.92 Å². The van der Waals surface area contributed by atoms with Crippen LogP contribution in [0.3, 0.4) is 0 Å². The van der Waals surface area contributed by atoms with Crippen LogP contribution in [0.15, 0.2) is 0 Å². The lowest BCUT2D eigenvalue weighted by molar-refractivity contribution is -0.157. The Morgan fingerprint density at radius 3 is 2.00 bits per heavy atom. The number of unbranched alkanes of at least 4 members (excludes halogenated alkanes) is 8. The molecule has 0 saturated carbocycles. The first kappa shape index (κ1) is 21.4. The zero-order chi connectivity index (χ0) is 16.6. The molecule has 0 bridgehead atoms. The second kappa shape index (κ2) is 15.3. The summed E-state index contributed by atoms with van der Waals surface area (Å²) in [5, 5.41) is 27.2. The fraction of sp³-hybridized carbons (Fsp3) is 0.941. The topological polar surface area (TPSA) is 87.0 Å². The quantitative estimate of drug-likeness (QED) is 0.319. The standard InChI is InChI=1S/C17H34O5/c1-2-3-4-5-6-7-8-9-10-11-17(21)22-16(12-13-18)15(20)14-19/h15-16,18-20H,2-14H2,1H3. The lowest BCUT2D eigenvalue weighted by Crippen LogP contribution is -2.34. The van der Waals surface area contributed by atoms with Gasteiger partial charge in [0.25, 0.3) is 0 Å². The van der Waals surface area contributed by atoms with Gasteiger partial charge in [0.15, 0.2) is 0 Å². The highest BCUT2D eigenvalue weighted by molar-refractivity contribution is 5.69. The highest BCUT2D eigenvalue weighted by atomic mass is 16.6. The summed E-state index contributed by atoms with van der Waals surface area (Å²) < 4.78 is 5.11. The van der Waals surface area contributed by atoms with Crippen molar-refractivity contribution in [3.63, 3.8) is 0 Å². The van der Waals surface area contributed by atoms with Crippen LogP contribution in [-0.4, -0.2) is 46.7 Å². The summed E-state index contributed by atoms with van der Waals surface area (Å²) in [6.45, 7) is 1.55. The van der Waals surface area contributed by atoms with E-state index in [1.165, 1.54) is 38.5 Å². The van der Waals surface area contributed by atoms with E-state index in [1.807, 2.05) is 0 Å². The predicted octanol–water partition coefficient (Wildman–Crippen LogP) is 2.55. The summed E-state index contributed by atoms with van der Waals surface area (Å²) in [5.41, 5.74) is 0. The van der Waals surface area contributed by atoms with Crippen molar-refractivity contribution >= 4 is 5.97 Å². The fourth-order valence-corrected chi connectivity index (χ4v) is 2.38. The van der Waals surface area contributed by atoms with Crippen LogP contribution in [0.4, 0.5) is 0 Å². The van der Waals surface area contributed by atoms with E-state index in [4.69, 9.17) is 14.9 Å². The number of carbonyl (C=O) groups excluding carboxylic acids is 1. The molecule has 2 unspecified atom stereocenters. The van der Waals surface area contributed by atoms with E-state index in [0.29, 0.717) is 6.42 Å². The predicted molar refractivity (Wildman–Crippen MR) is 86.5 cm³/mol. The Bertz CT molecular complexity index is 257. The third-order valence-corrected chi connectivity index (χ3v) is 3.80. The van der Waals surface area contributed by atoms with Crippen molar-refractivity contribution in [3.8, 4) is 0 Å². The molecule has 0 heterocycles. The zero-order valence-electron chi connectivity index (χ0n) is 14.0. The highest BCUT2D eigenvalue weighted by Gasteiger charge is 2.21. The van der Waals surface area contributed by atoms with Gasteiger partial charge in [-0.15, -0.1) is 0 Å². The summed E-state index contributed by atoms with van der Waals surface area (Å²) >= 11 is 0. The lowest BCUT2D eigenvalue weighted by Gasteiger charge is -2.20. The lowest BCUT2D eigenvalue weighted by atomic mass is 10.1. The summed E-state index contributed by atoms with van der Waals surface area (Å²) in [6, 6.07) is 0. The van der Waals surface area contributed by atoms with E-state index in [1.54, 1.807) is 0 Å². The number of carbonyl (C=O) groups is 1. The van der Waals surface area contributed by atoms with Crippen LogP contribution < -0.4 is 0 Å². The van der Waals surface area contributed by atoms with Crippen LogP contribution in [0, 0.1) is 0 Å². The second-order valence-electron chi connectivity index (χ2n) is 5.87. The molecule has 0 aromatic carbocycles. The van der Waals surface area contributed by atoms with Gasteiger partial charge >= 0.3 is 5.97 Å². The SMILES string of the molecule is CCCCCCCCCCCC(=O)OC(CCO)C(O)CO. The average Bonchev–Trinajstić information content (AvgIpc) is 2.52. The fourth-order valence-electron chi connectivity index (χ4n) is 2.38. The number of ether oxygens (including phenoxy) is 1. The maximum atomic E-state index is 11.7. The van der Waals surface area contributed by atoms with Gasteiger partial charge in [-0.3, -0.25) is 4.79 Å². The van der Waals surface area contributed by atoms with Crippen LogP contribution in [0.5, 0.6) is 0 Å². The molecule has 0 aliphatic heterocycles. The number of rotatable bonds is 15. The number of hydrogen-bond acceptors (Lipinski definition) is 5. The van der Waals surface area contributed by atoms with E-state index in [9.17, 15) is 9.90 Å². The number of aliphatic hydroxyl groups is 3. The maximum Gasteiger partial charge on any atom is 0.306 e. The van der Waals surface area contributed by atoms with Gasteiger partial charge in [0.05, 0.1) is 6.61 Å². The molecule has 0 aliphatic carbocycles. The molecule has 22 heavy (non-hydrogen) atoms. The van der Waals surface area contributed by atoms with Gasteiger partial charge in [0, 0.05) is 19.4 Å². The molecule has 5 heteroatoms. The molecule has 0 rings (SSSR count). The molecule has 0 fully saturated rings. The van der Waals surface area contributed by atoms with E-state index in [-0.39, 0.29) is 19.0 Å². The van der Waals surface area contributed by atoms with Crippen LogP contribution in [0.1, 0.15) is 77.6 Å². The smallest absolute Gasteiger partial charge is 0.306 e. The van der Waals surface area contributed by atoms with E-state index >= 15 is 0 Å². The molecule has 0 aromatic heterocycles. The largest absolute Gasteiger partial charge is 0.459 e. The molecule has 0 aliphatic rings. The van der Waals surface area contributed by atoms with Gasteiger partial charge in [0.1, 0.15) is 12.2 Å². The Morgan fingerprint density at radius 1 is 0.955 bits per heavy atom. The molecule has 132 valence electrons. The number of esters is 1. The van der Waals surface area contributed by atoms with Crippen molar-refractivity contribution in [1.29, 1.82) is 0 Å². The summed E-state index contributed by atoms with van der Waals surface area (Å²) in [5.74, 6) is -0.367. The van der Waals surface area contributed by atoms with Crippen molar-refractivity contribution < 1.29 is 24.9 Å². The number of aliphatic hydroxyl groups excluding tert-OH is 3. The first-order valence-electron chi connectivity index (χ1n) is 8.75.